The van der Waals surface area contributed by atoms with Crippen molar-refractivity contribution in [3.05, 3.63) is 54.1 Å². The molecule has 2 amide bonds. The Bertz CT molecular complexity index is 845. The van der Waals surface area contributed by atoms with Crippen LogP contribution in [0.2, 0.25) is 0 Å². The Hall–Kier alpha value is -3.02. The highest BCUT2D eigenvalue weighted by Crippen LogP contribution is 2.24. The van der Waals surface area contributed by atoms with Gasteiger partial charge in [0.25, 0.3) is 5.91 Å². The first-order valence-electron chi connectivity index (χ1n) is 11.1. The molecule has 2 aromatic carbocycles. The van der Waals surface area contributed by atoms with Gasteiger partial charge < -0.3 is 20.3 Å². The zero-order valence-corrected chi connectivity index (χ0v) is 19.1. The SMILES string of the molecule is CCCN(CCC)C(=O)c1cccc(NCC(=O)Nc2ccccc2OCC(C)C)c1. The summed E-state index contributed by atoms with van der Waals surface area (Å²) in [6.45, 7) is 10.4. The quantitative estimate of drug-likeness (QED) is 0.500. The summed E-state index contributed by atoms with van der Waals surface area (Å²) >= 11 is 0. The van der Waals surface area contributed by atoms with Crippen LogP contribution in [0.5, 0.6) is 5.75 Å². The molecule has 2 aromatic rings. The third-order valence-corrected chi connectivity index (χ3v) is 4.57. The second-order valence-electron chi connectivity index (χ2n) is 7.98. The number of nitrogens with zero attached hydrogens (tertiary/aromatic N) is 1. The molecule has 6 heteroatoms. The maximum absolute atomic E-state index is 12.8. The van der Waals surface area contributed by atoms with Crippen molar-refractivity contribution < 1.29 is 14.3 Å². The largest absolute Gasteiger partial charge is 0.491 e. The minimum absolute atomic E-state index is 0.0213. The predicted octanol–water partition coefficient (Wildman–Crippen LogP) is 5.03. The Labute approximate surface area is 186 Å². The predicted molar refractivity (Wildman–Crippen MR) is 127 cm³/mol. The molecule has 0 saturated carbocycles. The summed E-state index contributed by atoms with van der Waals surface area (Å²) in [5, 5.41) is 6.00. The van der Waals surface area contributed by atoms with Crippen molar-refractivity contribution in [3.63, 3.8) is 0 Å². The number of ether oxygens (including phenoxy) is 1. The van der Waals surface area contributed by atoms with E-state index < -0.39 is 0 Å². The Morgan fingerprint density at radius 2 is 1.71 bits per heavy atom. The van der Waals surface area contributed by atoms with Gasteiger partial charge in [0, 0.05) is 24.3 Å². The Kier molecular flexibility index (Phi) is 9.88. The van der Waals surface area contributed by atoms with Crippen molar-refractivity contribution in [2.45, 2.75) is 40.5 Å². The Morgan fingerprint density at radius 1 is 1.00 bits per heavy atom. The number of benzene rings is 2. The van der Waals surface area contributed by atoms with Crippen LogP contribution in [0.25, 0.3) is 0 Å². The smallest absolute Gasteiger partial charge is 0.253 e. The first kappa shape index (κ1) is 24.3. The van der Waals surface area contributed by atoms with Crippen LogP contribution in [-0.2, 0) is 4.79 Å². The molecule has 0 atom stereocenters. The molecule has 0 heterocycles. The van der Waals surface area contributed by atoms with Crippen molar-refractivity contribution in [1.29, 1.82) is 0 Å². The van der Waals surface area contributed by atoms with Crippen molar-refractivity contribution in [3.8, 4) is 5.75 Å². The molecule has 0 unspecified atom stereocenters. The molecule has 6 nitrogen and oxygen atoms in total. The van der Waals surface area contributed by atoms with Crippen LogP contribution in [0.1, 0.15) is 50.9 Å². The summed E-state index contributed by atoms with van der Waals surface area (Å²) in [6, 6.07) is 14.7. The molecule has 2 N–H and O–H groups in total. The second kappa shape index (κ2) is 12.6. The third-order valence-electron chi connectivity index (χ3n) is 4.57. The van der Waals surface area contributed by atoms with E-state index in [1.54, 1.807) is 6.07 Å². The lowest BCUT2D eigenvalue weighted by Crippen LogP contribution is -2.32. The number of hydrogen-bond acceptors (Lipinski definition) is 4. The summed E-state index contributed by atoms with van der Waals surface area (Å²) in [6.07, 6.45) is 1.85. The van der Waals surface area contributed by atoms with Gasteiger partial charge in [-0.15, -0.1) is 0 Å². The summed E-state index contributed by atoms with van der Waals surface area (Å²) in [5.74, 6) is 0.888. The highest BCUT2D eigenvalue weighted by atomic mass is 16.5. The number of rotatable bonds is 12. The Balaban J connectivity index is 1.97. The number of hydrogen-bond donors (Lipinski definition) is 2. The van der Waals surface area contributed by atoms with Crippen molar-refractivity contribution >= 4 is 23.2 Å². The first-order valence-corrected chi connectivity index (χ1v) is 11.1. The van der Waals surface area contributed by atoms with Gasteiger partial charge in [-0.2, -0.15) is 0 Å². The average Bonchev–Trinajstić information content (AvgIpc) is 2.76. The van der Waals surface area contributed by atoms with Crippen molar-refractivity contribution in [1.82, 2.24) is 4.90 Å². The van der Waals surface area contributed by atoms with Gasteiger partial charge in [0.1, 0.15) is 5.75 Å². The minimum Gasteiger partial charge on any atom is -0.491 e. The molecule has 31 heavy (non-hydrogen) atoms. The fourth-order valence-corrected chi connectivity index (χ4v) is 3.13. The highest BCUT2D eigenvalue weighted by Gasteiger charge is 2.15. The van der Waals surface area contributed by atoms with Crippen LogP contribution >= 0.6 is 0 Å². The highest BCUT2D eigenvalue weighted by molar-refractivity contribution is 5.96. The van der Waals surface area contributed by atoms with Gasteiger partial charge in [-0.1, -0.05) is 45.9 Å². The molecule has 0 aromatic heterocycles. The summed E-state index contributed by atoms with van der Waals surface area (Å²) in [5.41, 5.74) is 2.01. The Morgan fingerprint density at radius 3 is 2.39 bits per heavy atom. The van der Waals surface area contributed by atoms with Gasteiger partial charge >= 0.3 is 0 Å². The number of carbonyl (C=O) groups excluding carboxylic acids is 2. The summed E-state index contributed by atoms with van der Waals surface area (Å²) in [4.78, 5) is 27.2. The van der Waals surface area contributed by atoms with Crippen LogP contribution in [0.4, 0.5) is 11.4 Å². The molecule has 0 bridgehead atoms. The number of anilines is 2. The number of para-hydroxylation sites is 2. The van der Waals surface area contributed by atoms with Crippen LogP contribution in [0, 0.1) is 5.92 Å². The van der Waals surface area contributed by atoms with E-state index in [0.29, 0.717) is 29.5 Å². The van der Waals surface area contributed by atoms with Crippen LogP contribution in [0.3, 0.4) is 0 Å². The average molecular weight is 426 g/mol. The van der Waals surface area contributed by atoms with Gasteiger partial charge in [0.15, 0.2) is 0 Å². The molecule has 0 aliphatic rings. The molecule has 0 aliphatic carbocycles. The maximum Gasteiger partial charge on any atom is 0.253 e. The van der Waals surface area contributed by atoms with Crippen molar-refractivity contribution in [2.24, 2.45) is 5.92 Å². The van der Waals surface area contributed by atoms with Gasteiger partial charge in [0.2, 0.25) is 5.91 Å². The van der Waals surface area contributed by atoms with Gasteiger partial charge in [-0.25, -0.2) is 0 Å². The fourth-order valence-electron chi connectivity index (χ4n) is 3.13. The van der Waals surface area contributed by atoms with E-state index in [2.05, 4.69) is 38.3 Å². The van der Waals surface area contributed by atoms with Gasteiger partial charge in [0.05, 0.1) is 18.8 Å². The standard InChI is InChI=1S/C25H35N3O3/c1-5-14-28(15-6-2)25(30)20-10-9-11-21(16-20)26-17-24(29)27-22-12-7-8-13-23(22)31-18-19(3)4/h7-13,16,19,26H,5-6,14-15,17-18H2,1-4H3,(H,27,29). The van der Waals surface area contributed by atoms with Crippen LogP contribution in [0.15, 0.2) is 48.5 Å². The minimum atomic E-state index is -0.184. The van der Waals surface area contributed by atoms with Crippen LogP contribution in [-0.4, -0.2) is 43.0 Å². The van der Waals surface area contributed by atoms with Gasteiger partial charge in [-0.3, -0.25) is 9.59 Å². The lowest BCUT2D eigenvalue weighted by atomic mass is 10.1. The topological polar surface area (TPSA) is 70.7 Å². The molecule has 0 radical (unpaired) electrons. The zero-order chi connectivity index (χ0) is 22.6. The molecular weight excluding hydrogens is 390 g/mol. The molecule has 0 saturated heterocycles. The lowest BCUT2D eigenvalue weighted by molar-refractivity contribution is -0.114. The van der Waals surface area contributed by atoms with E-state index in [-0.39, 0.29) is 18.4 Å². The van der Waals surface area contributed by atoms with Crippen LogP contribution < -0.4 is 15.4 Å². The van der Waals surface area contributed by atoms with Gasteiger partial charge in [-0.05, 0) is 49.1 Å². The molecular formula is C25H35N3O3. The first-order chi connectivity index (χ1) is 14.9. The second-order valence-corrected chi connectivity index (χ2v) is 7.98. The molecule has 168 valence electrons. The number of carbonyl (C=O) groups is 2. The monoisotopic (exact) mass is 425 g/mol. The van der Waals surface area contributed by atoms with Crippen molar-refractivity contribution in [2.75, 3.05) is 36.9 Å². The lowest BCUT2D eigenvalue weighted by Gasteiger charge is -2.21. The molecule has 2 rings (SSSR count). The number of amides is 2. The van der Waals surface area contributed by atoms with E-state index in [4.69, 9.17) is 4.74 Å². The van der Waals surface area contributed by atoms with E-state index in [0.717, 1.165) is 31.6 Å². The van der Waals surface area contributed by atoms with E-state index >= 15 is 0 Å². The van der Waals surface area contributed by atoms with E-state index in [9.17, 15) is 9.59 Å². The fraction of sp³-hybridized carbons (Fsp3) is 0.440. The molecule has 0 aliphatic heterocycles. The summed E-state index contributed by atoms with van der Waals surface area (Å²) < 4.78 is 5.79. The molecule has 0 fully saturated rings. The maximum atomic E-state index is 12.8. The normalized spacial score (nSPS) is 10.6. The van der Waals surface area contributed by atoms with E-state index in [1.807, 2.05) is 47.4 Å². The number of nitrogens with one attached hydrogen (secondary N) is 2. The third kappa shape index (κ3) is 7.96. The summed E-state index contributed by atoms with van der Waals surface area (Å²) in [7, 11) is 0. The molecule has 0 spiro atoms. The van der Waals surface area contributed by atoms with E-state index in [1.165, 1.54) is 0 Å². The zero-order valence-electron chi connectivity index (χ0n) is 19.1.